The lowest BCUT2D eigenvalue weighted by atomic mass is 9.95. The maximum atomic E-state index is 13.2. The molecule has 1 fully saturated rings. The van der Waals surface area contributed by atoms with E-state index in [1.54, 1.807) is 25.1 Å². The van der Waals surface area contributed by atoms with Gasteiger partial charge in [0.2, 0.25) is 0 Å². The molecule has 0 bridgehead atoms. The number of phenolic OH excluding ortho intramolecular Hbond substituents is 1. The molecule has 2 aliphatic rings. The van der Waals surface area contributed by atoms with Crippen LogP contribution in [-0.2, 0) is 16.1 Å². The largest absolute Gasteiger partial charge is 0.505 e. The molecule has 1 heterocycles. The number of anilines is 1. The van der Waals surface area contributed by atoms with Crippen LogP contribution in [0.15, 0.2) is 59.9 Å². The van der Waals surface area contributed by atoms with Crippen molar-refractivity contribution in [3.8, 4) is 5.75 Å². The van der Waals surface area contributed by atoms with Crippen LogP contribution in [0.25, 0.3) is 0 Å². The highest BCUT2D eigenvalue weighted by Gasteiger charge is 2.40. The topological polar surface area (TPSA) is 81.7 Å². The van der Waals surface area contributed by atoms with E-state index in [1.807, 2.05) is 30.3 Å². The van der Waals surface area contributed by atoms with E-state index in [0.29, 0.717) is 16.9 Å². The number of phenols is 1. The molecule has 0 atom stereocenters. The zero-order chi connectivity index (χ0) is 21.1. The summed E-state index contributed by atoms with van der Waals surface area (Å²) in [6.07, 6.45) is 5.39. The van der Waals surface area contributed by atoms with Gasteiger partial charge in [-0.1, -0.05) is 61.7 Å². The zero-order valence-corrected chi connectivity index (χ0v) is 17.1. The normalized spacial score (nSPS) is 17.6. The first-order valence-corrected chi connectivity index (χ1v) is 10.5. The van der Waals surface area contributed by atoms with Crippen LogP contribution in [0.1, 0.15) is 43.2 Å². The first kappa shape index (κ1) is 20.0. The molecule has 156 valence electrons. The number of amides is 2. The van der Waals surface area contributed by atoms with Gasteiger partial charge in [0.25, 0.3) is 11.8 Å². The molecule has 2 amide bonds. The van der Waals surface area contributed by atoms with E-state index < -0.39 is 0 Å². The predicted molar refractivity (Wildman–Crippen MR) is 116 cm³/mol. The second kappa shape index (κ2) is 8.61. The minimum absolute atomic E-state index is 0.0729. The molecular formula is C24H27N3O3. The maximum Gasteiger partial charge on any atom is 0.279 e. The Hall–Kier alpha value is -3.28. The second-order valence-corrected chi connectivity index (χ2v) is 8.01. The summed E-state index contributed by atoms with van der Waals surface area (Å²) in [4.78, 5) is 27.7. The highest BCUT2D eigenvalue weighted by Crippen LogP contribution is 2.31. The van der Waals surface area contributed by atoms with Gasteiger partial charge in [-0.25, -0.2) is 0 Å². The smallest absolute Gasteiger partial charge is 0.279 e. The van der Waals surface area contributed by atoms with Crippen LogP contribution < -0.4 is 10.6 Å². The summed E-state index contributed by atoms with van der Waals surface area (Å²) in [5.74, 6) is -0.643. The van der Waals surface area contributed by atoms with Gasteiger partial charge in [0.1, 0.15) is 17.1 Å². The van der Waals surface area contributed by atoms with E-state index in [9.17, 15) is 14.7 Å². The summed E-state index contributed by atoms with van der Waals surface area (Å²) in [6.45, 7) is 2.00. The average Bonchev–Trinajstić information content (AvgIpc) is 2.97. The van der Waals surface area contributed by atoms with Crippen molar-refractivity contribution in [2.75, 3.05) is 5.32 Å². The van der Waals surface area contributed by atoms with Crippen LogP contribution in [0.4, 0.5) is 5.69 Å². The van der Waals surface area contributed by atoms with Crippen LogP contribution >= 0.6 is 0 Å². The Labute approximate surface area is 176 Å². The number of para-hydroxylation sites is 1. The number of hydrogen-bond acceptors (Lipinski definition) is 5. The van der Waals surface area contributed by atoms with E-state index in [4.69, 9.17) is 0 Å². The lowest BCUT2D eigenvalue weighted by Gasteiger charge is -2.24. The van der Waals surface area contributed by atoms with E-state index in [0.717, 1.165) is 31.2 Å². The molecule has 0 saturated heterocycles. The highest BCUT2D eigenvalue weighted by molar-refractivity contribution is 6.20. The Kier molecular flexibility index (Phi) is 5.74. The number of nitrogens with one attached hydrogen (secondary N) is 2. The lowest BCUT2D eigenvalue weighted by molar-refractivity contribution is -0.138. The van der Waals surface area contributed by atoms with Crippen molar-refractivity contribution in [2.45, 2.75) is 51.6 Å². The monoisotopic (exact) mass is 405 g/mol. The zero-order valence-electron chi connectivity index (χ0n) is 17.1. The number of nitrogens with zero attached hydrogens (tertiary/aromatic N) is 1. The molecule has 6 heteroatoms. The van der Waals surface area contributed by atoms with Gasteiger partial charge in [-0.05, 0) is 37.0 Å². The SMILES string of the molecule is Cc1cccc(NC2=C(NC3CCCCC3)C(=O)N(Cc3ccccc3)C2=O)c1O. The summed E-state index contributed by atoms with van der Waals surface area (Å²) < 4.78 is 0. The van der Waals surface area contributed by atoms with E-state index in [1.165, 1.54) is 11.3 Å². The Morgan fingerprint density at radius 1 is 0.933 bits per heavy atom. The number of rotatable bonds is 6. The molecule has 6 nitrogen and oxygen atoms in total. The van der Waals surface area contributed by atoms with E-state index in [2.05, 4.69) is 10.6 Å². The van der Waals surface area contributed by atoms with Gasteiger partial charge in [-0.2, -0.15) is 0 Å². The van der Waals surface area contributed by atoms with Crippen LogP contribution in [0.5, 0.6) is 5.75 Å². The molecule has 1 aliphatic carbocycles. The molecule has 2 aromatic carbocycles. The number of hydrogen-bond donors (Lipinski definition) is 3. The number of carbonyl (C=O) groups excluding carboxylic acids is 2. The van der Waals surface area contributed by atoms with E-state index in [-0.39, 0.29) is 35.8 Å². The van der Waals surface area contributed by atoms with Crippen molar-refractivity contribution in [3.63, 3.8) is 0 Å². The summed E-state index contributed by atoms with van der Waals surface area (Å²) in [6, 6.07) is 14.9. The molecule has 0 aromatic heterocycles. The number of aromatic hydroxyl groups is 1. The molecule has 4 rings (SSSR count). The lowest BCUT2D eigenvalue weighted by Crippen LogP contribution is -2.37. The van der Waals surface area contributed by atoms with E-state index >= 15 is 0 Å². The van der Waals surface area contributed by atoms with Gasteiger partial charge in [0.15, 0.2) is 0 Å². The quantitative estimate of drug-likeness (QED) is 0.503. The summed E-state index contributed by atoms with van der Waals surface area (Å²) in [7, 11) is 0. The number of imide groups is 1. The first-order valence-electron chi connectivity index (χ1n) is 10.5. The molecule has 3 N–H and O–H groups in total. The van der Waals surface area contributed by atoms with Crippen molar-refractivity contribution in [2.24, 2.45) is 0 Å². The standard InChI is InChI=1S/C24H27N3O3/c1-16-9-8-14-19(22(16)28)26-21-20(25-18-12-6-3-7-13-18)23(29)27(24(21)30)15-17-10-4-2-5-11-17/h2,4-5,8-11,14,18,25-26,28H,3,6-7,12-13,15H2,1H3. The van der Waals surface area contributed by atoms with Gasteiger partial charge in [-0.3, -0.25) is 14.5 Å². The Bertz CT molecular complexity index is 978. The van der Waals surface area contributed by atoms with Crippen molar-refractivity contribution in [3.05, 3.63) is 71.1 Å². The third-order valence-electron chi connectivity index (χ3n) is 5.80. The number of aryl methyl sites for hydroxylation is 1. The summed E-state index contributed by atoms with van der Waals surface area (Å²) in [5, 5.41) is 16.8. The van der Waals surface area contributed by atoms with Crippen molar-refractivity contribution < 1.29 is 14.7 Å². The molecule has 1 saturated carbocycles. The molecule has 0 spiro atoms. The number of benzene rings is 2. The average molecular weight is 405 g/mol. The fourth-order valence-corrected chi connectivity index (χ4v) is 4.08. The fourth-order valence-electron chi connectivity index (χ4n) is 4.08. The molecule has 2 aromatic rings. The Morgan fingerprint density at radius 2 is 1.63 bits per heavy atom. The summed E-state index contributed by atoms with van der Waals surface area (Å²) in [5.41, 5.74) is 2.48. The molecule has 0 unspecified atom stereocenters. The minimum atomic E-state index is -0.386. The van der Waals surface area contributed by atoms with Crippen LogP contribution in [0, 0.1) is 6.92 Å². The van der Waals surface area contributed by atoms with Crippen LogP contribution in [0.2, 0.25) is 0 Å². The van der Waals surface area contributed by atoms with Crippen molar-refractivity contribution >= 4 is 17.5 Å². The Balaban J connectivity index is 1.65. The fraction of sp³-hybridized carbons (Fsp3) is 0.333. The number of carbonyl (C=O) groups is 2. The van der Waals surface area contributed by atoms with Gasteiger partial charge in [0, 0.05) is 6.04 Å². The van der Waals surface area contributed by atoms with Gasteiger partial charge in [-0.15, -0.1) is 0 Å². The van der Waals surface area contributed by atoms with Crippen molar-refractivity contribution in [1.82, 2.24) is 10.2 Å². The molecule has 1 aliphatic heterocycles. The third-order valence-corrected chi connectivity index (χ3v) is 5.80. The van der Waals surface area contributed by atoms with Crippen molar-refractivity contribution in [1.29, 1.82) is 0 Å². The molecule has 30 heavy (non-hydrogen) atoms. The third kappa shape index (κ3) is 4.03. The minimum Gasteiger partial charge on any atom is -0.505 e. The van der Waals surface area contributed by atoms with Gasteiger partial charge in [0.05, 0.1) is 12.2 Å². The van der Waals surface area contributed by atoms with Gasteiger partial charge < -0.3 is 15.7 Å². The molecule has 0 radical (unpaired) electrons. The predicted octanol–water partition coefficient (Wildman–Crippen LogP) is 3.82. The Morgan fingerprint density at radius 3 is 2.37 bits per heavy atom. The highest BCUT2D eigenvalue weighted by atomic mass is 16.3. The van der Waals surface area contributed by atoms with Gasteiger partial charge >= 0.3 is 0 Å². The summed E-state index contributed by atoms with van der Waals surface area (Å²) >= 11 is 0. The second-order valence-electron chi connectivity index (χ2n) is 8.01. The maximum absolute atomic E-state index is 13.2. The van der Waals surface area contributed by atoms with Crippen LogP contribution in [-0.4, -0.2) is 27.9 Å². The molecular weight excluding hydrogens is 378 g/mol. The van der Waals surface area contributed by atoms with Crippen LogP contribution in [0.3, 0.4) is 0 Å². The first-order chi connectivity index (χ1) is 14.5.